The summed E-state index contributed by atoms with van der Waals surface area (Å²) in [7, 11) is 0. The van der Waals surface area contributed by atoms with E-state index in [2.05, 4.69) is 57.4 Å². The molecule has 0 fully saturated rings. The second-order valence-corrected chi connectivity index (χ2v) is 8.83. The minimum Gasteiger partial charge on any atom is -0.338 e. The topological polar surface area (TPSA) is 82.5 Å². The molecule has 3 heterocycles. The van der Waals surface area contributed by atoms with Crippen molar-refractivity contribution in [2.24, 2.45) is 0 Å². The number of aryl methyl sites for hydroxylation is 2. The zero-order valence-electron chi connectivity index (χ0n) is 17.9. The Morgan fingerprint density at radius 1 is 0.909 bits per heavy atom. The van der Waals surface area contributed by atoms with Crippen LogP contribution in [-0.4, -0.2) is 29.9 Å². The van der Waals surface area contributed by atoms with E-state index < -0.39 is 0 Å². The molecule has 3 aromatic heterocycles. The second-order valence-electron chi connectivity index (χ2n) is 7.45. The van der Waals surface area contributed by atoms with Crippen molar-refractivity contribution >= 4 is 23.4 Å². The largest absolute Gasteiger partial charge is 0.338 e. The molecule has 7 nitrogen and oxygen atoms in total. The third-order valence-electron chi connectivity index (χ3n) is 5.22. The predicted molar refractivity (Wildman–Crippen MR) is 128 cm³/mol. The van der Waals surface area contributed by atoms with Crippen LogP contribution in [0.2, 0.25) is 5.02 Å². The van der Waals surface area contributed by atoms with Crippen molar-refractivity contribution in [1.82, 2.24) is 29.9 Å². The minimum atomic E-state index is 0.458. The normalized spacial score (nSPS) is 11.1. The fourth-order valence-corrected chi connectivity index (χ4v) is 4.22. The maximum absolute atomic E-state index is 5.97. The molecular formula is C24H19ClN6OS. The van der Waals surface area contributed by atoms with E-state index >= 15 is 0 Å². The molecule has 0 aliphatic heterocycles. The summed E-state index contributed by atoms with van der Waals surface area (Å²) in [5, 5.41) is 14.4. The Morgan fingerprint density at radius 2 is 1.70 bits per heavy atom. The van der Waals surface area contributed by atoms with Crippen LogP contribution in [0.4, 0.5) is 0 Å². The molecule has 0 bridgehead atoms. The molecule has 0 spiro atoms. The van der Waals surface area contributed by atoms with Crippen molar-refractivity contribution in [2.75, 3.05) is 0 Å². The van der Waals surface area contributed by atoms with Crippen molar-refractivity contribution in [1.29, 1.82) is 0 Å². The minimum absolute atomic E-state index is 0.458. The molecule has 164 valence electrons. The number of hydrogen-bond acceptors (Lipinski definition) is 7. The number of pyridine rings is 1. The lowest BCUT2D eigenvalue weighted by molar-refractivity contribution is 0.391. The predicted octanol–water partition coefficient (Wildman–Crippen LogP) is 5.94. The molecule has 9 heteroatoms. The van der Waals surface area contributed by atoms with Gasteiger partial charge >= 0.3 is 0 Å². The van der Waals surface area contributed by atoms with E-state index in [-0.39, 0.29) is 0 Å². The molecule has 33 heavy (non-hydrogen) atoms. The zero-order valence-corrected chi connectivity index (χ0v) is 19.5. The Hall–Kier alpha value is -3.49. The lowest BCUT2D eigenvalue weighted by Crippen LogP contribution is -2.01. The third kappa shape index (κ3) is 4.53. The summed E-state index contributed by atoms with van der Waals surface area (Å²) in [6.45, 7) is 4.19. The van der Waals surface area contributed by atoms with Gasteiger partial charge in [-0.15, -0.1) is 10.2 Å². The summed E-state index contributed by atoms with van der Waals surface area (Å²) in [5.41, 5.74) is 5.20. The van der Waals surface area contributed by atoms with Crippen molar-refractivity contribution < 1.29 is 4.52 Å². The van der Waals surface area contributed by atoms with Gasteiger partial charge in [-0.05, 0) is 73.5 Å². The third-order valence-corrected chi connectivity index (χ3v) is 6.38. The van der Waals surface area contributed by atoms with Crippen molar-refractivity contribution in [3.05, 3.63) is 89.0 Å². The van der Waals surface area contributed by atoms with Gasteiger partial charge in [0.25, 0.3) is 0 Å². The highest BCUT2D eigenvalue weighted by molar-refractivity contribution is 7.98. The van der Waals surface area contributed by atoms with E-state index in [1.54, 1.807) is 24.5 Å². The highest BCUT2D eigenvalue weighted by Crippen LogP contribution is 2.30. The highest BCUT2D eigenvalue weighted by atomic mass is 35.5. The van der Waals surface area contributed by atoms with Crippen molar-refractivity contribution in [2.45, 2.75) is 24.8 Å². The number of rotatable bonds is 6. The SMILES string of the molecule is Cc1ccc(-n2c(SCc3nc(-c4ccc(Cl)cc4)no3)nnc2-c2ccncc2)cc1C. The van der Waals surface area contributed by atoms with Crippen LogP contribution in [0.15, 0.2) is 76.7 Å². The van der Waals surface area contributed by atoms with Gasteiger partial charge in [0.05, 0.1) is 11.4 Å². The number of halogens is 1. The standard InChI is InChI=1S/C24H19ClN6OS/c1-15-3-8-20(13-16(15)2)31-23(18-9-11-26-12-10-18)28-29-24(31)33-14-21-27-22(30-32-21)17-4-6-19(25)7-5-17/h3-13H,14H2,1-2H3. The van der Waals surface area contributed by atoms with Crippen molar-refractivity contribution in [3.63, 3.8) is 0 Å². The smallest absolute Gasteiger partial charge is 0.237 e. The molecule has 0 aliphatic rings. The summed E-state index contributed by atoms with van der Waals surface area (Å²) in [6, 6.07) is 17.5. The van der Waals surface area contributed by atoms with Gasteiger partial charge < -0.3 is 4.52 Å². The van der Waals surface area contributed by atoms with Crippen LogP contribution in [0.1, 0.15) is 17.0 Å². The molecule has 0 radical (unpaired) electrons. The summed E-state index contributed by atoms with van der Waals surface area (Å²) >= 11 is 7.45. The summed E-state index contributed by atoms with van der Waals surface area (Å²) < 4.78 is 7.51. The number of benzene rings is 2. The number of hydrogen-bond donors (Lipinski definition) is 0. The average molecular weight is 475 g/mol. The van der Waals surface area contributed by atoms with Gasteiger partial charge in [0.15, 0.2) is 11.0 Å². The first kappa shape index (κ1) is 21.4. The van der Waals surface area contributed by atoms with Crippen LogP contribution in [0, 0.1) is 13.8 Å². The molecule has 5 aromatic rings. The van der Waals surface area contributed by atoms with Gasteiger partial charge in [0, 0.05) is 28.5 Å². The number of thioether (sulfide) groups is 1. The first-order valence-corrected chi connectivity index (χ1v) is 11.6. The van der Waals surface area contributed by atoms with Crippen LogP contribution in [0.3, 0.4) is 0 Å². The van der Waals surface area contributed by atoms with Gasteiger partial charge in [-0.1, -0.05) is 34.6 Å². The first-order valence-electron chi connectivity index (χ1n) is 10.2. The molecule has 5 rings (SSSR count). The monoisotopic (exact) mass is 474 g/mol. The average Bonchev–Trinajstić information content (AvgIpc) is 3.48. The zero-order chi connectivity index (χ0) is 22.8. The Labute approximate surface area is 199 Å². The second kappa shape index (κ2) is 9.17. The summed E-state index contributed by atoms with van der Waals surface area (Å²) in [4.78, 5) is 8.63. The van der Waals surface area contributed by atoms with Gasteiger partial charge in [0.1, 0.15) is 0 Å². The molecule has 0 saturated heterocycles. The van der Waals surface area contributed by atoms with E-state index in [9.17, 15) is 0 Å². The number of nitrogens with zero attached hydrogens (tertiary/aromatic N) is 6. The Balaban J connectivity index is 1.45. The quantitative estimate of drug-likeness (QED) is 0.281. The van der Waals surface area contributed by atoms with Gasteiger partial charge in [-0.3, -0.25) is 9.55 Å². The van der Waals surface area contributed by atoms with Gasteiger partial charge in [-0.25, -0.2) is 0 Å². The molecular weight excluding hydrogens is 456 g/mol. The highest BCUT2D eigenvalue weighted by Gasteiger charge is 2.18. The lowest BCUT2D eigenvalue weighted by Gasteiger charge is -2.11. The molecule has 0 atom stereocenters. The van der Waals surface area contributed by atoms with Crippen LogP contribution in [0.25, 0.3) is 28.5 Å². The fraction of sp³-hybridized carbons (Fsp3) is 0.125. The Bertz CT molecular complexity index is 1400. The molecule has 0 aliphatic carbocycles. The van der Waals surface area contributed by atoms with Crippen molar-refractivity contribution in [3.8, 4) is 28.5 Å². The molecule has 0 N–H and O–H groups in total. The van der Waals surface area contributed by atoms with Crippen LogP contribution < -0.4 is 0 Å². The van der Waals surface area contributed by atoms with Crippen LogP contribution >= 0.6 is 23.4 Å². The first-order chi connectivity index (χ1) is 16.1. The van der Waals surface area contributed by atoms with E-state index in [0.717, 1.165) is 27.8 Å². The number of aromatic nitrogens is 6. The Morgan fingerprint density at radius 3 is 2.45 bits per heavy atom. The van der Waals surface area contributed by atoms with E-state index in [1.165, 1.54) is 22.9 Å². The maximum atomic E-state index is 5.97. The van der Waals surface area contributed by atoms with E-state index in [4.69, 9.17) is 16.1 Å². The lowest BCUT2D eigenvalue weighted by atomic mass is 10.1. The Kier molecular flexibility index (Phi) is 5.93. The maximum Gasteiger partial charge on any atom is 0.237 e. The molecule has 2 aromatic carbocycles. The molecule has 0 amide bonds. The fourth-order valence-electron chi connectivity index (χ4n) is 3.30. The van der Waals surface area contributed by atoms with E-state index in [1.807, 2.05) is 28.8 Å². The molecule has 0 unspecified atom stereocenters. The van der Waals surface area contributed by atoms with Gasteiger partial charge in [-0.2, -0.15) is 4.98 Å². The summed E-state index contributed by atoms with van der Waals surface area (Å²) in [6.07, 6.45) is 3.50. The van der Waals surface area contributed by atoms with Gasteiger partial charge in [0.2, 0.25) is 11.7 Å². The van der Waals surface area contributed by atoms with Crippen LogP contribution in [-0.2, 0) is 5.75 Å². The van der Waals surface area contributed by atoms with E-state index in [0.29, 0.717) is 22.5 Å². The summed E-state index contributed by atoms with van der Waals surface area (Å²) in [5.74, 6) is 2.23. The molecule has 0 saturated carbocycles. The van der Waals surface area contributed by atoms with Crippen LogP contribution in [0.5, 0.6) is 0 Å².